The molecule has 1 heterocycles. The molecule has 1 saturated heterocycles. The first-order valence-corrected chi connectivity index (χ1v) is 7.99. The first-order valence-electron chi connectivity index (χ1n) is 7.99. The number of hydrogen-bond donors (Lipinski definition) is 1. The van der Waals surface area contributed by atoms with Crippen LogP contribution in [0.15, 0.2) is 12.1 Å². The van der Waals surface area contributed by atoms with Crippen molar-refractivity contribution in [2.24, 2.45) is 0 Å². The van der Waals surface area contributed by atoms with E-state index in [9.17, 15) is 18.0 Å². The van der Waals surface area contributed by atoms with Crippen LogP contribution in [0.2, 0.25) is 0 Å². The molecule has 0 radical (unpaired) electrons. The Balaban J connectivity index is 1.82. The molecular weight excluding hydrogens is 321 g/mol. The Morgan fingerprint density at radius 3 is 2.25 bits per heavy atom. The molecule has 1 fully saturated rings. The van der Waals surface area contributed by atoms with Gasteiger partial charge in [-0.25, -0.2) is 18.0 Å². The molecule has 2 rings (SSSR count). The Morgan fingerprint density at radius 2 is 1.75 bits per heavy atom. The first-order chi connectivity index (χ1) is 11.1. The van der Waals surface area contributed by atoms with E-state index in [0.717, 1.165) is 12.1 Å². The second-order valence-corrected chi connectivity index (χ2v) is 7.07. The minimum Gasteiger partial charge on any atom is -0.444 e. The normalized spacial score (nSPS) is 16.9. The number of carbonyl (C=O) groups is 1. The third kappa shape index (κ3) is 5.40. The van der Waals surface area contributed by atoms with Crippen molar-refractivity contribution < 1.29 is 22.7 Å². The molecule has 0 spiro atoms. The van der Waals surface area contributed by atoms with Gasteiger partial charge in [-0.1, -0.05) is 0 Å². The second-order valence-electron chi connectivity index (χ2n) is 7.07. The molecule has 1 aromatic rings. The van der Waals surface area contributed by atoms with E-state index in [1.54, 1.807) is 20.8 Å². The molecule has 1 aromatic carbocycles. The summed E-state index contributed by atoms with van der Waals surface area (Å²) in [6.07, 6.45) is 0.986. The van der Waals surface area contributed by atoms with Gasteiger partial charge < -0.3 is 10.1 Å². The van der Waals surface area contributed by atoms with E-state index in [1.165, 1.54) is 0 Å². The van der Waals surface area contributed by atoms with Gasteiger partial charge in [-0.15, -0.1) is 0 Å². The fourth-order valence-corrected chi connectivity index (χ4v) is 2.67. The van der Waals surface area contributed by atoms with E-state index >= 15 is 0 Å². The molecule has 134 valence electrons. The zero-order valence-electron chi connectivity index (χ0n) is 14.2. The summed E-state index contributed by atoms with van der Waals surface area (Å²) >= 11 is 0. The molecular formula is C17H23F3N2O2. The molecule has 0 unspecified atom stereocenters. The van der Waals surface area contributed by atoms with Crippen molar-refractivity contribution in [1.82, 2.24) is 10.2 Å². The van der Waals surface area contributed by atoms with Gasteiger partial charge in [0.25, 0.3) is 0 Å². The number of piperidine rings is 1. The van der Waals surface area contributed by atoms with Gasteiger partial charge in [0.2, 0.25) is 0 Å². The third-order valence-corrected chi connectivity index (χ3v) is 3.76. The zero-order valence-corrected chi connectivity index (χ0v) is 14.2. The number of alkyl carbamates (subject to hydrolysis) is 1. The quantitative estimate of drug-likeness (QED) is 0.852. The van der Waals surface area contributed by atoms with Gasteiger partial charge in [-0.2, -0.15) is 0 Å². The van der Waals surface area contributed by atoms with Crippen LogP contribution in [0.5, 0.6) is 0 Å². The molecule has 24 heavy (non-hydrogen) atoms. The summed E-state index contributed by atoms with van der Waals surface area (Å²) in [5.74, 6) is -3.79. The maximum Gasteiger partial charge on any atom is 0.407 e. The van der Waals surface area contributed by atoms with Gasteiger partial charge >= 0.3 is 6.09 Å². The highest BCUT2D eigenvalue weighted by atomic mass is 19.2. The molecule has 4 nitrogen and oxygen atoms in total. The maximum atomic E-state index is 13.2. The van der Waals surface area contributed by atoms with Crippen molar-refractivity contribution in [2.75, 3.05) is 13.1 Å². The minimum absolute atomic E-state index is 0.0118. The number of rotatable bonds is 3. The van der Waals surface area contributed by atoms with Crippen molar-refractivity contribution in [1.29, 1.82) is 0 Å². The topological polar surface area (TPSA) is 41.6 Å². The first kappa shape index (κ1) is 18.6. The van der Waals surface area contributed by atoms with Crippen molar-refractivity contribution in [3.8, 4) is 0 Å². The Bertz CT molecular complexity index is 571. The van der Waals surface area contributed by atoms with Gasteiger partial charge in [0.05, 0.1) is 0 Å². The Morgan fingerprint density at radius 1 is 1.21 bits per heavy atom. The SMILES string of the molecule is CC(C)(C)OC(=O)NC1CCN(Cc2cc(F)c(F)c(F)c2)CC1. The highest BCUT2D eigenvalue weighted by Gasteiger charge is 2.24. The van der Waals surface area contributed by atoms with E-state index in [-0.39, 0.29) is 6.04 Å². The van der Waals surface area contributed by atoms with Gasteiger partial charge in [0.15, 0.2) is 17.5 Å². The fourth-order valence-electron chi connectivity index (χ4n) is 2.67. The summed E-state index contributed by atoms with van der Waals surface area (Å²) in [6.45, 7) is 7.08. The van der Waals surface area contributed by atoms with Crippen LogP contribution in [0.4, 0.5) is 18.0 Å². The van der Waals surface area contributed by atoms with Crippen LogP contribution in [-0.4, -0.2) is 35.7 Å². The summed E-state index contributed by atoms with van der Waals surface area (Å²) in [5, 5.41) is 2.83. The Kier molecular flexibility index (Phi) is 5.74. The molecule has 0 atom stereocenters. The predicted molar refractivity (Wildman–Crippen MR) is 84.0 cm³/mol. The molecule has 0 saturated carbocycles. The summed E-state index contributed by atoms with van der Waals surface area (Å²) in [6, 6.07) is 2.05. The monoisotopic (exact) mass is 344 g/mol. The molecule has 1 amide bonds. The Hall–Kier alpha value is -1.76. The van der Waals surface area contributed by atoms with Crippen molar-refractivity contribution in [3.63, 3.8) is 0 Å². The van der Waals surface area contributed by atoms with Gasteiger partial charge in [-0.3, -0.25) is 4.90 Å². The zero-order chi connectivity index (χ0) is 17.9. The number of benzene rings is 1. The van der Waals surface area contributed by atoms with Crippen LogP contribution in [-0.2, 0) is 11.3 Å². The van der Waals surface area contributed by atoms with Gasteiger partial charge in [-0.05, 0) is 51.3 Å². The number of nitrogens with one attached hydrogen (secondary N) is 1. The average Bonchev–Trinajstić information content (AvgIpc) is 2.45. The minimum atomic E-state index is -1.45. The Labute approximate surface area is 140 Å². The van der Waals surface area contributed by atoms with Crippen LogP contribution in [0.1, 0.15) is 39.2 Å². The number of amides is 1. The number of carbonyl (C=O) groups excluding carboxylic acids is 1. The summed E-state index contributed by atoms with van der Waals surface area (Å²) < 4.78 is 44.7. The van der Waals surface area contributed by atoms with Crippen molar-refractivity contribution in [3.05, 3.63) is 35.1 Å². The van der Waals surface area contributed by atoms with Crippen LogP contribution >= 0.6 is 0 Å². The molecule has 0 aromatic heterocycles. The maximum absolute atomic E-state index is 13.2. The highest BCUT2D eigenvalue weighted by Crippen LogP contribution is 2.18. The average molecular weight is 344 g/mol. The molecule has 1 aliphatic rings. The predicted octanol–water partition coefficient (Wildman–Crippen LogP) is 3.59. The summed E-state index contributed by atoms with van der Waals surface area (Å²) in [5.41, 5.74) is -0.147. The smallest absolute Gasteiger partial charge is 0.407 e. The van der Waals surface area contributed by atoms with Gasteiger partial charge in [0.1, 0.15) is 5.60 Å². The number of hydrogen-bond acceptors (Lipinski definition) is 3. The van der Waals surface area contributed by atoms with E-state index in [0.29, 0.717) is 38.0 Å². The van der Waals surface area contributed by atoms with Crippen molar-refractivity contribution >= 4 is 6.09 Å². The summed E-state index contributed by atoms with van der Waals surface area (Å²) in [7, 11) is 0. The number of nitrogens with zero attached hydrogens (tertiary/aromatic N) is 1. The standard InChI is InChI=1S/C17H23F3N2O2/c1-17(2,3)24-16(23)21-12-4-6-22(7-5-12)10-11-8-13(18)15(20)14(19)9-11/h8-9,12H,4-7,10H2,1-3H3,(H,21,23). The summed E-state index contributed by atoms with van der Waals surface area (Å²) in [4.78, 5) is 13.8. The molecule has 7 heteroatoms. The molecule has 1 aliphatic heterocycles. The fraction of sp³-hybridized carbons (Fsp3) is 0.588. The van der Waals surface area contributed by atoms with Gasteiger partial charge in [0, 0.05) is 25.7 Å². The van der Waals surface area contributed by atoms with Crippen molar-refractivity contribution in [2.45, 2.75) is 51.8 Å². The molecule has 0 aliphatic carbocycles. The van der Waals surface area contributed by atoms with E-state index in [4.69, 9.17) is 4.74 Å². The van der Waals surface area contributed by atoms with E-state index in [1.807, 2.05) is 4.90 Å². The lowest BCUT2D eigenvalue weighted by Crippen LogP contribution is -2.45. The lowest BCUT2D eigenvalue weighted by molar-refractivity contribution is 0.0477. The number of likely N-dealkylation sites (tertiary alicyclic amines) is 1. The number of halogens is 3. The van der Waals surface area contributed by atoms with Crippen LogP contribution in [0.3, 0.4) is 0 Å². The lowest BCUT2D eigenvalue weighted by Gasteiger charge is -2.32. The molecule has 0 bridgehead atoms. The lowest BCUT2D eigenvalue weighted by atomic mass is 10.0. The largest absolute Gasteiger partial charge is 0.444 e. The van der Waals surface area contributed by atoms with Crippen LogP contribution in [0, 0.1) is 17.5 Å². The highest BCUT2D eigenvalue weighted by molar-refractivity contribution is 5.68. The van der Waals surface area contributed by atoms with Crippen LogP contribution < -0.4 is 5.32 Å². The number of ether oxygens (including phenoxy) is 1. The van der Waals surface area contributed by atoms with E-state index in [2.05, 4.69) is 5.32 Å². The third-order valence-electron chi connectivity index (χ3n) is 3.76. The second kappa shape index (κ2) is 7.42. The van der Waals surface area contributed by atoms with E-state index < -0.39 is 29.1 Å². The van der Waals surface area contributed by atoms with Crippen LogP contribution in [0.25, 0.3) is 0 Å². The molecule has 1 N–H and O–H groups in total.